The van der Waals surface area contributed by atoms with Crippen LogP contribution >= 0.6 is 0 Å². The van der Waals surface area contributed by atoms with Gasteiger partial charge in [0, 0.05) is 5.56 Å². The van der Waals surface area contributed by atoms with Crippen molar-refractivity contribution in [2.24, 2.45) is 4.99 Å². The number of hydrogen-bond donors (Lipinski definition) is 0. The van der Waals surface area contributed by atoms with E-state index in [0.717, 1.165) is 5.56 Å². The van der Waals surface area contributed by atoms with Gasteiger partial charge in [0.15, 0.2) is 6.04 Å². The Kier molecular flexibility index (Phi) is 4.32. The van der Waals surface area contributed by atoms with Crippen molar-refractivity contribution in [2.75, 3.05) is 6.61 Å². The van der Waals surface area contributed by atoms with Gasteiger partial charge in [0.2, 0.25) is 5.90 Å². The van der Waals surface area contributed by atoms with E-state index in [-0.39, 0.29) is 18.0 Å². The Morgan fingerprint density at radius 1 is 1.14 bits per heavy atom. The van der Waals surface area contributed by atoms with Crippen molar-refractivity contribution < 1.29 is 14.3 Å². The van der Waals surface area contributed by atoms with Gasteiger partial charge in [-0.05, 0) is 43.9 Å². The van der Waals surface area contributed by atoms with Gasteiger partial charge in [-0.15, -0.1) is 0 Å². The molecular formula is C18H25NO3. The van der Waals surface area contributed by atoms with Gasteiger partial charge in [-0.3, -0.25) is 0 Å². The molecular weight excluding hydrogens is 278 g/mol. The van der Waals surface area contributed by atoms with E-state index < -0.39 is 11.6 Å². The minimum Gasteiger partial charge on any atom is -0.475 e. The van der Waals surface area contributed by atoms with Gasteiger partial charge in [-0.25, -0.2) is 9.79 Å². The van der Waals surface area contributed by atoms with Crippen molar-refractivity contribution in [3.63, 3.8) is 0 Å². The van der Waals surface area contributed by atoms with E-state index in [2.05, 4.69) is 37.9 Å². The predicted molar refractivity (Wildman–Crippen MR) is 87.3 cm³/mol. The maximum absolute atomic E-state index is 12.0. The number of ether oxygens (including phenoxy) is 2. The van der Waals surface area contributed by atoms with Crippen LogP contribution in [0.4, 0.5) is 0 Å². The predicted octanol–water partition coefficient (Wildman–Crippen LogP) is 3.47. The van der Waals surface area contributed by atoms with Gasteiger partial charge in [0.25, 0.3) is 0 Å². The quantitative estimate of drug-likeness (QED) is 0.786. The maximum Gasteiger partial charge on any atom is 0.335 e. The van der Waals surface area contributed by atoms with Crippen molar-refractivity contribution >= 4 is 11.9 Å². The molecule has 0 saturated carbocycles. The lowest BCUT2D eigenvalue weighted by molar-refractivity contribution is -0.156. The van der Waals surface area contributed by atoms with Gasteiger partial charge in [0.05, 0.1) is 0 Å². The molecule has 0 radical (unpaired) electrons. The summed E-state index contributed by atoms with van der Waals surface area (Å²) in [6.45, 7) is 12.3. The molecule has 4 heteroatoms. The van der Waals surface area contributed by atoms with Gasteiger partial charge in [-0.1, -0.05) is 32.9 Å². The van der Waals surface area contributed by atoms with Crippen LogP contribution < -0.4 is 0 Å². The minimum absolute atomic E-state index is 0.107. The first-order valence-electron chi connectivity index (χ1n) is 7.61. The second-order valence-corrected chi connectivity index (χ2v) is 7.62. The van der Waals surface area contributed by atoms with E-state index in [1.807, 2.05) is 32.9 Å². The average Bonchev–Trinajstić information content (AvgIpc) is 2.85. The second-order valence-electron chi connectivity index (χ2n) is 7.62. The summed E-state index contributed by atoms with van der Waals surface area (Å²) in [6.07, 6.45) is 0. The molecule has 1 aromatic carbocycles. The van der Waals surface area contributed by atoms with Gasteiger partial charge in [0.1, 0.15) is 12.2 Å². The zero-order valence-corrected chi connectivity index (χ0v) is 14.3. The van der Waals surface area contributed by atoms with Crippen LogP contribution in [0.15, 0.2) is 29.3 Å². The van der Waals surface area contributed by atoms with E-state index >= 15 is 0 Å². The first-order chi connectivity index (χ1) is 10.1. The van der Waals surface area contributed by atoms with E-state index in [1.165, 1.54) is 5.56 Å². The molecule has 0 fully saturated rings. The first kappa shape index (κ1) is 16.5. The highest BCUT2D eigenvalue weighted by atomic mass is 16.6. The number of rotatable bonds is 2. The van der Waals surface area contributed by atoms with Crippen molar-refractivity contribution in [3.8, 4) is 0 Å². The molecule has 22 heavy (non-hydrogen) atoms. The molecule has 1 aliphatic heterocycles. The standard InChI is InChI=1S/C18H25NO3/c1-17(2,3)13-9-7-12(8-10-13)15-19-14(11-21-15)16(20)22-18(4,5)6/h7-10,14H,11H2,1-6H3. The molecule has 1 aliphatic rings. The number of carbonyl (C=O) groups is 1. The fourth-order valence-corrected chi connectivity index (χ4v) is 2.14. The lowest BCUT2D eigenvalue weighted by Crippen LogP contribution is -2.31. The molecule has 4 nitrogen and oxygen atoms in total. The third-order valence-corrected chi connectivity index (χ3v) is 3.33. The lowest BCUT2D eigenvalue weighted by atomic mass is 9.87. The third kappa shape index (κ3) is 4.09. The smallest absolute Gasteiger partial charge is 0.335 e. The van der Waals surface area contributed by atoms with Crippen LogP contribution in [0.25, 0.3) is 0 Å². The number of nitrogens with zero attached hydrogens (tertiary/aromatic N) is 1. The van der Waals surface area contributed by atoms with Gasteiger partial charge < -0.3 is 9.47 Å². The minimum atomic E-state index is -0.573. The lowest BCUT2D eigenvalue weighted by Gasteiger charge is -2.20. The van der Waals surface area contributed by atoms with Gasteiger partial charge in [-0.2, -0.15) is 0 Å². The molecule has 1 unspecified atom stereocenters. The monoisotopic (exact) mass is 303 g/mol. The van der Waals surface area contributed by atoms with Crippen LogP contribution in [-0.4, -0.2) is 30.1 Å². The topological polar surface area (TPSA) is 47.9 Å². The van der Waals surface area contributed by atoms with Crippen molar-refractivity contribution in [1.82, 2.24) is 0 Å². The summed E-state index contributed by atoms with van der Waals surface area (Å²) < 4.78 is 10.9. The highest BCUT2D eigenvalue weighted by Crippen LogP contribution is 2.23. The molecule has 0 N–H and O–H groups in total. The number of hydrogen-bond acceptors (Lipinski definition) is 4. The molecule has 1 aromatic rings. The Morgan fingerprint density at radius 2 is 1.73 bits per heavy atom. The Morgan fingerprint density at radius 3 is 2.23 bits per heavy atom. The van der Waals surface area contributed by atoms with E-state index in [1.54, 1.807) is 0 Å². The average molecular weight is 303 g/mol. The van der Waals surface area contributed by atoms with Crippen LogP contribution in [0.2, 0.25) is 0 Å². The normalized spacial score (nSPS) is 18.6. The summed E-state index contributed by atoms with van der Waals surface area (Å²) in [4.78, 5) is 16.4. The molecule has 1 atom stereocenters. The molecule has 0 saturated heterocycles. The molecule has 0 amide bonds. The van der Waals surface area contributed by atoms with Crippen LogP contribution in [-0.2, 0) is 19.7 Å². The number of carbonyl (C=O) groups excluding carboxylic acids is 1. The highest BCUT2D eigenvalue weighted by Gasteiger charge is 2.30. The van der Waals surface area contributed by atoms with Crippen LogP contribution in [0, 0.1) is 0 Å². The molecule has 0 aromatic heterocycles. The fourth-order valence-electron chi connectivity index (χ4n) is 2.14. The zero-order valence-electron chi connectivity index (χ0n) is 14.3. The Bertz CT molecular complexity index is 574. The van der Waals surface area contributed by atoms with E-state index in [4.69, 9.17) is 9.47 Å². The van der Waals surface area contributed by atoms with Gasteiger partial charge >= 0.3 is 5.97 Å². The van der Waals surface area contributed by atoms with Crippen molar-refractivity contribution in [2.45, 2.75) is 58.6 Å². The summed E-state index contributed by atoms with van der Waals surface area (Å²) in [5, 5.41) is 0. The molecule has 0 aliphatic carbocycles. The molecule has 0 spiro atoms. The molecule has 2 rings (SSSR count). The Balaban J connectivity index is 2.11. The van der Waals surface area contributed by atoms with E-state index in [9.17, 15) is 4.79 Å². The van der Waals surface area contributed by atoms with Crippen molar-refractivity contribution in [1.29, 1.82) is 0 Å². The third-order valence-electron chi connectivity index (χ3n) is 3.33. The van der Waals surface area contributed by atoms with Crippen LogP contribution in [0.1, 0.15) is 52.7 Å². The maximum atomic E-state index is 12.0. The SMILES string of the molecule is CC(C)(C)OC(=O)C1COC(c2ccc(C(C)(C)C)cc2)=N1. The fraction of sp³-hybridized carbons (Fsp3) is 0.556. The summed E-state index contributed by atoms with van der Waals surface area (Å²) in [7, 11) is 0. The summed E-state index contributed by atoms with van der Waals surface area (Å²) in [5.41, 5.74) is 1.73. The van der Waals surface area contributed by atoms with Crippen LogP contribution in [0.3, 0.4) is 0 Å². The number of aliphatic imine (C=N–C) groups is 1. The largest absolute Gasteiger partial charge is 0.475 e. The van der Waals surface area contributed by atoms with Crippen LogP contribution in [0.5, 0.6) is 0 Å². The number of benzene rings is 1. The summed E-state index contributed by atoms with van der Waals surface area (Å²) in [6, 6.07) is 7.54. The molecule has 0 bridgehead atoms. The Labute approximate surface area is 132 Å². The summed E-state index contributed by atoms with van der Waals surface area (Å²) in [5.74, 6) is 0.171. The molecule has 1 heterocycles. The second kappa shape index (κ2) is 5.75. The summed E-state index contributed by atoms with van der Waals surface area (Å²) >= 11 is 0. The zero-order chi connectivity index (χ0) is 16.5. The van der Waals surface area contributed by atoms with E-state index in [0.29, 0.717) is 5.90 Å². The first-order valence-corrected chi connectivity index (χ1v) is 7.61. The van der Waals surface area contributed by atoms with Crippen molar-refractivity contribution in [3.05, 3.63) is 35.4 Å². The number of esters is 1. The highest BCUT2D eigenvalue weighted by molar-refractivity contribution is 5.97. The molecule has 120 valence electrons. The Hall–Kier alpha value is -1.84.